The Morgan fingerprint density at radius 3 is 2.93 bits per heavy atom. The minimum atomic E-state index is 0.00859. The number of allylic oxidation sites excluding steroid dienone is 1. The lowest BCUT2D eigenvalue weighted by atomic mass is 10.1. The highest BCUT2D eigenvalue weighted by Crippen LogP contribution is 2.45. The molecule has 1 aromatic carbocycles. The second kappa shape index (κ2) is 7.90. The van der Waals surface area contributed by atoms with E-state index in [4.69, 9.17) is 19.9 Å². The zero-order valence-corrected chi connectivity index (χ0v) is 15.8. The number of pyridine rings is 1. The summed E-state index contributed by atoms with van der Waals surface area (Å²) in [5.74, 6) is 1.68. The maximum Gasteiger partial charge on any atom is 0.204 e. The summed E-state index contributed by atoms with van der Waals surface area (Å²) in [4.78, 5) is 16.7. The van der Waals surface area contributed by atoms with Gasteiger partial charge in [0.15, 0.2) is 17.3 Å². The average Bonchev–Trinajstić information content (AvgIpc) is 2.86. The van der Waals surface area contributed by atoms with Crippen LogP contribution in [0.1, 0.15) is 29.5 Å². The standard InChI is InChI=1S/C21H23N3O4/c1-26-18-5-4-16-17-9-15(25)8-13-10-23-11-14(19(13)24-17)12-28-20(16)21(18)27-7-3-2-6-22/h4-5,9-11,24H,2-3,6-8,12,22H2,1H3. The fourth-order valence-electron chi connectivity index (χ4n) is 3.44. The Hall–Kier alpha value is -3.06. The molecule has 2 bridgehead atoms. The van der Waals surface area contributed by atoms with Crippen LogP contribution < -0.4 is 25.3 Å². The Kier molecular flexibility index (Phi) is 5.16. The SMILES string of the molecule is COc1ccc2c(c1OCCCCN)OCc1cncc3c1NC2=CC(=O)C3. The van der Waals surface area contributed by atoms with Crippen LogP contribution in [0.4, 0.5) is 5.69 Å². The van der Waals surface area contributed by atoms with Crippen LogP contribution in [0.3, 0.4) is 0 Å². The number of hydrogen-bond donors (Lipinski definition) is 2. The molecule has 28 heavy (non-hydrogen) atoms. The number of aromatic nitrogens is 1. The van der Waals surface area contributed by atoms with E-state index >= 15 is 0 Å². The molecule has 1 aromatic heterocycles. The average molecular weight is 381 g/mol. The Balaban J connectivity index is 1.79. The quantitative estimate of drug-likeness (QED) is 0.743. The second-order valence-electron chi connectivity index (χ2n) is 6.77. The smallest absolute Gasteiger partial charge is 0.204 e. The molecule has 3 N–H and O–H groups in total. The van der Waals surface area contributed by atoms with E-state index in [2.05, 4.69) is 10.3 Å². The molecule has 4 rings (SSSR count). The lowest BCUT2D eigenvalue weighted by Gasteiger charge is -2.24. The van der Waals surface area contributed by atoms with Crippen molar-refractivity contribution in [3.63, 3.8) is 0 Å². The van der Waals surface area contributed by atoms with Crippen LogP contribution in [-0.2, 0) is 17.8 Å². The van der Waals surface area contributed by atoms with E-state index in [9.17, 15) is 4.79 Å². The van der Waals surface area contributed by atoms with Crippen molar-refractivity contribution in [2.75, 3.05) is 25.6 Å². The van der Waals surface area contributed by atoms with Crippen LogP contribution in [0.25, 0.3) is 5.70 Å². The van der Waals surface area contributed by atoms with E-state index in [1.165, 1.54) is 0 Å². The monoisotopic (exact) mass is 381 g/mol. The van der Waals surface area contributed by atoms with Gasteiger partial charge in [0, 0.05) is 41.6 Å². The summed E-state index contributed by atoms with van der Waals surface area (Å²) in [5, 5.41) is 3.42. The Morgan fingerprint density at radius 1 is 1.25 bits per heavy atom. The number of ether oxygens (including phenoxy) is 3. The number of unbranched alkanes of at least 4 members (excludes halogenated alkanes) is 1. The lowest BCUT2D eigenvalue weighted by Crippen LogP contribution is -2.13. The van der Waals surface area contributed by atoms with E-state index in [1.807, 2.05) is 12.1 Å². The molecule has 7 nitrogen and oxygen atoms in total. The van der Waals surface area contributed by atoms with Crippen LogP contribution in [-0.4, -0.2) is 31.0 Å². The van der Waals surface area contributed by atoms with Crippen LogP contribution in [0, 0.1) is 0 Å². The van der Waals surface area contributed by atoms with E-state index in [0.717, 1.165) is 35.2 Å². The summed E-state index contributed by atoms with van der Waals surface area (Å²) in [6, 6.07) is 3.71. The number of nitrogens with two attached hydrogens (primary N) is 1. The Labute approximate surface area is 163 Å². The summed E-state index contributed by atoms with van der Waals surface area (Å²) in [7, 11) is 1.59. The summed E-state index contributed by atoms with van der Waals surface area (Å²) in [6.45, 7) is 1.43. The molecule has 0 spiro atoms. The van der Waals surface area contributed by atoms with Crippen LogP contribution >= 0.6 is 0 Å². The molecular formula is C21H23N3O4. The van der Waals surface area contributed by atoms with Gasteiger partial charge in [-0.05, 0) is 31.5 Å². The fourth-order valence-corrected chi connectivity index (χ4v) is 3.44. The zero-order chi connectivity index (χ0) is 19.5. The molecule has 0 fully saturated rings. The van der Waals surface area contributed by atoms with Crippen molar-refractivity contribution in [3.8, 4) is 17.2 Å². The van der Waals surface area contributed by atoms with Gasteiger partial charge < -0.3 is 25.3 Å². The molecule has 0 amide bonds. The molecule has 7 heteroatoms. The molecule has 0 unspecified atom stereocenters. The number of ketones is 1. The molecule has 0 aliphatic carbocycles. The molecule has 3 heterocycles. The predicted octanol–water partition coefficient (Wildman–Crippen LogP) is 2.68. The van der Waals surface area contributed by atoms with Crippen molar-refractivity contribution in [3.05, 3.63) is 47.3 Å². The third-order valence-electron chi connectivity index (χ3n) is 4.84. The largest absolute Gasteiger partial charge is 0.493 e. The number of fused-ring (bicyclic) bond motifs is 3. The first-order chi connectivity index (χ1) is 13.7. The Bertz CT molecular complexity index is 939. The number of nitrogens with zero attached hydrogens (tertiary/aromatic N) is 1. The highest BCUT2D eigenvalue weighted by molar-refractivity contribution is 6.04. The third-order valence-corrected chi connectivity index (χ3v) is 4.84. The van der Waals surface area contributed by atoms with Gasteiger partial charge in [-0.25, -0.2) is 0 Å². The van der Waals surface area contributed by atoms with Gasteiger partial charge in [-0.3, -0.25) is 9.78 Å². The van der Waals surface area contributed by atoms with Crippen molar-refractivity contribution >= 4 is 17.2 Å². The van der Waals surface area contributed by atoms with Gasteiger partial charge in [0.05, 0.1) is 25.1 Å². The first kappa shape index (κ1) is 18.3. The topological polar surface area (TPSA) is 95.7 Å². The van der Waals surface area contributed by atoms with Crippen molar-refractivity contribution in [2.45, 2.75) is 25.9 Å². The molecule has 0 saturated carbocycles. The molecule has 0 atom stereocenters. The van der Waals surface area contributed by atoms with Crippen molar-refractivity contribution < 1.29 is 19.0 Å². The van der Waals surface area contributed by atoms with E-state index in [-0.39, 0.29) is 5.78 Å². The summed E-state index contributed by atoms with van der Waals surface area (Å²) < 4.78 is 17.7. The first-order valence-corrected chi connectivity index (χ1v) is 9.35. The second-order valence-corrected chi connectivity index (χ2v) is 6.77. The minimum absolute atomic E-state index is 0.00859. The highest BCUT2D eigenvalue weighted by atomic mass is 16.5. The van der Waals surface area contributed by atoms with E-state index < -0.39 is 0 Å². The van der Waals surface area contributed by atoms with Gasteiger partial charge in [-0.15, -0.1) is 0 Å². The minimum Gasteiger partial charge on any atom is -0.493 e. The van der Waals surface area contributed by atoms with Crippen molar-refractivity contribution in [2.24, 2.45) is 5.73 Å². The molecule has 2 aromatic rings. The third kappa shape index (κ3) is 3.41. The molecule has 146 valence electrons. The molecule has 2 aliphatic rings. The van der Waals surface area contributed by atoms with Crippen LogP contribution in [0.15, 0.2) is 30.6 Å². The molecule has 2 aliphatic heterocycles. The Morgan fingerprint density at radius 2 is 2.11 bits per heavy atom. The lowest BCUT2D eigenvalue weighted by molar-refractivity contribution is -0.113. The number of carbonyl (C=O) groups is 1. The summed E-state index contributed by atoms with van der Waals surface area (Å²) in [5.41, 5.74) is 9.66. The first-order valence-electron chi connectivity index (χ1n) is 9.35. The zero-order valence-electron chi connectivity index (χ0n) is 15.8. The summed E-state index contributed by atoms with van der Waals surface area (Å²) >= 11 is 0. The van der Waals surface area contributed by atoms with Gasteiger partial charge in [0.1, 0.15) is 6.61 Å². The number of rotatable bonds is 6. The number of benzene rings is 1. The summed E-state index contributed by atoms with van der Waals surface area (Å²) in [6.07, 6.45) is 7.11. The van der Waals surface area contributed by atoms with Gasteiger partial charge in [-0.2, -0.15) is 0 Å². The van der Waals surface area contributed by atoms with Crippen molar-refractivity contribution in [1.82, 2.24) is 4.98 Å². The predicted molar refractivity (Wildman–Crippen MR) is 106 cm³/mol. The maximum atomic E-state index is 12.5. The van der Waals surface area contributed by atoms with Crippen LogP contribution in [0.2, 0.25) is 0 Å². The number of carbonyl (C=O) groups excluding carboxylic acids is 1. The van der Waals surface area contributed by atoms with Gasteiger partial charge in [0.25, 0.3) is 0 Å². The van der Waals surface area contributed by atoms with E-state index in [0.29, 0.717) is 49.1 Å². The van der Waals surface area contributed by atoms with Crippen LogP contribution in [0.5, 0.6) is 17.2 Å². The fraction of sp³-hybridized carbons (Fsp3) is 0.333. The molecular weight excluding hydrogens is 358 g/mol. The number of hydrogen-bond acceptors (Lipinski definition) is 7. The number of nitrogens with one attached hydrogen (secondary N) is 1. The highest BCUT2D eigenvalue weighted by Gasteiger charge is 2.26. The molecule has 0 saturated heterocycles. The number of anilines is 1. The van der Waals surface area contributed by atoms with Gasteiger partial charge >= 0.3 is 0 Å². The van der Waals surface area contributed by atoms with Gasteiger partial charge in [0.2, 0.25) is 5.75 Å². The number of methoxy groups -OCH3 is 1. The van der Waals surface area contributed by atoms with Gasteiger partial charge in [-0.1, -0.05) is 0 Å². The maximum absolute atomic E-state index is 12.5. The van der Waals surface area contributed by atoms with Crippen molar-refractivity contribution in [1.29, 1.82) is 0 Å². The van der Waals surface area contributed by atoms with E-state index in [1.54, 1.807) is 25.6 Å². The normalized spacial score (nSPS) is 14.5. The molecule has 0 radical (unpaired) electrons.